The Kier molecular flexibility index (Phi) is 3.10. The van der Waals surface area contributed by atoms with Crippen LogP contribution in [0, 0.1) is 0 Å². The summed E-state index contributed by atoms with van der Waals surface area (Å²) in [7, 11) is 0. The largest absolute Gasteiger partial charge is 0.375 e. The molecule has 0 bridgehead atoms. The molecule has 0 aliphatic heterocycles. The van der Waals surface area contributed by atoms with Crippen molar-refractivity contribution < 1.29 is 4.79 Å². The SMILES string of the molecule is NC(=O)c1cnc(Cl)cc1NC1(c2ccccc2)CC1. The lowest BCUT2D eigenvalue weighted by atomic mass is 10.0. The number of anilines is 1. The zero-order chi connectivity index (χ0) is 14.2. The van der Waals surface area contributed by atoms with Gasteiger partial charge in [-0.05, 0) is 24.5 Å². The van der Waals surface area contributed by atoms with E-state index in [1.807, 2.05) is 18.2 Å². The van der Waals surface area contributed by atoms with Gasteiger partial charge in [0.05, 0.1) is 16.8 Å². The van der Waals surface area contributed by atoms with Crippen LogP contribution in [-0.2, 0) is 5.54 Å². The van der Waals surface area contributed by atoms with Crippen molar-refractivity contribution in [1.29, 1.82) is 0 Å². The predicted octanol–water partition coefficient (Wildman–Crippen LogP) is 2.94. The second-order valence-corrected chi connectivity index (χ2v) is 5.38. The quantitative estimate of drug-likeness (QED) is 0.850. The number of amides is 1. The van der Waals surface area contributed by atoms with Gasteiger partial charge in [0.1, 0.15) is 5.15 Å². The van der Waals surface area contributed by atoms with E-state index in [4.69, 9.17) is 17.3 Å². The minimum atomic E-state index is -0.513. The highest BCUT2D eigenvalue weighted by Gasteiger charge is 2.44. The van der Waals surface area contributed by atoms with Crippen molar-refractivity contribution in [3.8, 4) is 0 Å². The highest BCUT2D eigenvalue weighted by molar-refractivity contribution is 6.29. The third-order valence-electron chi connectivity index (χ3n) is 3.59. The average molecular weight is 288 g/mol. The first-order valence-corrected chi connectivity index (χ1v) is 6.78. The lowest BCUT2D eigenvalue weighted by Crippen LogP contribution is -2.22. The van der Waals surface area contributed by atoms with Gasteiger partial charge in [-0.25, -0.2) is 4.98 Å². The van der Waals surface area contributed by atoms with Crippen LogP contribution in [0.15, 0.2) is 42.6 Å². The topological polar surface area (TPSA) is 68.0 Å². The van der Waals surface area contributed by atoms with Crippen LogP contribution in [0.2, 0.25) is 5.15 Å². The first-order valence-electron chi connectivity index (χ1n) is 6.40. The number of rotatable bonds is 4. The van der Waals surface area contributed by atoms with Crippen LogP contribution >= 0.6 is 11.6 Å². The molecule has 0 radical (unpaired) electrons. The van der Waals surface area contributed by atoms with E-state index in [-0.39, 0.29) is 5.54 Å². The summed E-state index contributed by atoms with van der Waals surface area (Å²) in [4.78, 5) is 15.4. The van der Waals surface area contributed by atoms with Gasteiger partial charge in [-0.3, -0.25) is 4.79 Å². The van der Waals surface area contributed by atoms with Gasteiger partial charge in [-0.1, -0.05) is 41.9 Å². The van der Waals surface area contributed by atoms with Crippen molar-refractivity contribution in [3.05, 3.63) is 58.9 Å². The average Bonchev–Trinajstić information content (AvgIpc) is 3.20. The van der Waals surface area contributed by atoms with Gasteiger partial charge in [0.25, 0.3) is 5.91 Å². The van der Waals surface area contributed by atoms with E-state index in [0.29, 0.717) is 16.4 Å². The summed E-state index contributed by atoms with van der Waals surface area (Å²) < 4.78 is 0. The molecule has 1 fully saturated rings. The second-order valence-electron chi connectivity index (χ2n) is 4.99. The summed E-state index contributed by atoms with van der Waals surface area (Å²) in [5, 5.41) is 3.75. The molecule has 0 atom stereocenters. The Morgan fingerprint density at radius 1 is 1.30 bits per heavy atom. The molecule has 1 amide bonds. The van der Waals surface area contributed by atoms with Crippen LogP contribution in [0.3, 0.4) is 0 Å². The summed E-state index contributed by atoms with van der Waals surface area (Å²) in [5.41, 5.74) is 7.45. The van der Waals surface area contributed by atoms with E-state index in [1.165, 1.54) is 11.8 Å². The molecule has 3 N–H and O–H groups in total. The highest BCUT2D eigenvalue weighted by Crippen LogP contribution is 2.48. The number of hydrogen-bond acceptors (Lipinski definition) is 3. The van der Waals surface area contributed by atoms with Crippen molar-refractivity contribution in [2.24, 2.45) is 5.73 Å². The Labute approximate surface area is 122 Å². The van der Waals surface area contributed by atoms with Gasteiger partial charge < -0.3 is 11.1 Å². The number of nitrogens with one attached hydrogen (secondary N) is 1. The molecule has 102 valence electrons. The molecule has 1 saturated carbocycles. The van der Waals surface area contributed by atoms with Crippen molar-refractivity contribution in [2.75, 3.05) is 5.32 Å². The number of nitrogens with zero attached hydrogens (tertiary/aromatic N) is 1. The van der Waals surface area contributed by atoms with Gasteiger partial charge in [-0.15, -0.1) is 0 Å². The fraction of sp³-hybridized carbons (Fsp3) is 0.200. The summed E-state index contributed by atoms with van der Waals surface area (Å²) >= 11 is 5.91. The zero-order valence-corrected chi connectivity index (χ0v) is 11.5. The number of aromatic nitrogens is 1. The predicted molar refractivity (Wildman–Crippen MR) is 78.7 cm³/mol. The molecule has 2 aromatic rings. The molecule has 5 heteroatoms. The fourth-order valence-corrected chi connectivity index (χ4v) is 2.51. The first-order chi connectivity index (χ1) is 9.61. The maximum Gasteiger partial charge on any atom is 0.252 e. The monoisotopic (exact) mass is 287 g/mol. The Morgan fingerprint density at radius 3 is 2.60 bits per heavy atom. The van der Waals surface area contributed by atoms with Crippen LogP contribution in [0.4, 0.5) is 5.69 Å². The number of hydrogen-bond donors (Lipinski definition) is 2. The molecule has 20 heavy (non-hydrogen) atoms. The summed E-state index contributed by atoms with van der Waals surface area (Å²) in [6.07, 6.45) is 3.43. The van der Waals surface area contributed by atoms with E-state index < -0.39 is 5.91 Å². The highest BCUT2D eigenvalue weighted by atomic mass is 35.5. The third kappa shape index (κ3) is 2.34. The molecule has 1 aromatic carbocycles. The van der Waals surface area contributed by atoms with Crippen molar-refractivity contribution in [1.82, 2.24) is 4.98 Å². The van der Waals surface area contributed by atoms with E-state index in [1.54, 1.807) is 6.07 Å². The Bertz CT molecular complexity index is 653. The molecule has 1 heterocycles. The van der Waals surface area contributed by atoms with E-state index in [0.717, 1.165) is 12.8 Å². The third-order valence-corrected chi connectivity index (χ3v) is 3.79. The Balaban J connectivity index is 1.96. The summed E-state index contributed by atoms with van der Waals surface area (Å²) in [6.45, 7) is 0. The summed E-state index contributed by atoms with van der Waals surface area (Å²) in [6, 6.07) is 11.8. The molecular formula is C15H14ClN3O. The lowest BCUT2D eigenvalue weighted by molar-refractivity contribution is 0.100. The number of carbonyl (C=O) groups is 1. The molecule has 1 aliphatic carbocycles. The van der Waals surface area contributed by atoms with Crippen LogP contribution < -0.4 is 11.1 Å². The Hall–Kier alpha value is -2.07. The number of primary amides is 1. The first kappa shape index (κ1) is 12.9. The maximum absolute atomic E-state index is 11.5. The standard InChI is InChI=1S/C15H14ClN3O/c16-13-8-12(11(9-18-13)14(17)20)19-15(6-7-15)10-4-2-1-3-5-10/h1-5,8-9H,6-7H2,(H2,17,20)(H,18,19). The van der Waals surface area contributed by atoms with Crippen LogP contribution in [0.25, 0.3) is 0 Å². The van der Waals surface area contributed by atoms with Crippen LogP contribution in [0.5, 0.6) is 0 Å². The molecule has 1 aromatic heterocycles. The molecule has 4 nitrogen and oxygen atoms in total. The number of pyridine rings is 1. The van der Waals surface area contributed by atoms with Crippen LogP contribution in [0.1, 0.15) is 28.8 Å². The lowest BCUT2D eigenvalue weighted by Gasteiger charge is -2.20. The van der Waals surface area contributed by atoms with Crippen molar-refractivity contribution in [2.45, 2.75) is 18.4 Å². The van der Waals surface area contributed by atoms with E-state index in [2.05, 4.69) is 22.4 Å². The van der Waals surface area contributed by atoms with Gasteiger partial charge in [0.2, 0.25) is 0 Å². The van der Waals surface area contributed by atoms with Gasteiger partial charge >= 0.3 is 0 Å². The van der Waals surface area contributed by atoms with Gasteiger partial charge in [0, 0.05) is 6.20 Å². The number of carbonyl (C=O) groups excluding carboxylic acids is 1. The maximum atomic E-state index is 11.5. The normalized spacial score (nSPS) is 15.7. The molecular weight excluding hydrogens is 274 g/mol. The van der Waals surface area contributed by atoms with Crippen molar-refractivity contribution >= 4 is 23.2 Å². The molecule has 0 saturated heterocycles. The molecule has 0 unspecified atom stereocenters. The van der Waals surface area contributed by atoms with E-state index in [9.17, 15) is 4.79 Å². The number of nitrogens with two attached hydrogens (primary N) is 1. The molecule has 0 spiro atoms. The van der Waals surface area contributed by atoms with E-state index >= 15 is 0 Å². The smallest absolute Gasteiger partial charge is 0.252 e. The minimum absolute atomic E-state index is 0.129. The molecule has 1 aliphatic rings. The Morgan fingerprint density at radius 2 is 2.00 bits per heavy atom. The van der Waals surface area contributed by atoms with Gasteiger partial charge in [-0.2, -0.15) is 0 Å². The molecule has 3 rings (SSSR count). The second kappa shape index (κ2) is 4.80. The number of halogens is 1. The summed E-state index contributed by atoms with van der Waals surface area (Å²) in [5.74, 6) is -0.513. The number of benzene rings is 1. The van der Waals surface area contributed by atoms with Crippen LogP contribution in [-0.4, -0.2) is 10.9 Å². The van der Waals surface area contributed by atoms with Crippen molar-refractivity contribution in [3.63, 3.8) is 0 Å². The fourth-order valence-electron chi connectivity index (χ4n) is 2.36. The van der Waals surface area contributed by atoms with Gasteiger partial charge in [0.15, 0.2) is 0 Å². The minimum Gasteiger partial charge on any atom is -0.375 e. The zero-order valence-electron chi connectivity index (χ0n) is 10.8.